The van der Waals surface area contributed by atoms with Gasteiger partial charge in [-0.25, -0.2) is 48.3 Å². The Kier molecular flexibility index (Phi) is 6.90. The lowest BCUT2D eigenvalue weighted by molar-refractivity contribution is 0.137. The summed E-state index contributed by atoms with van der Waals surface area (Å²) in [6.45, 7) is 0. The lowest BCUT2D eigenvalue weighted by atomic mass is 10.0. The molecule has 0 saturated heterocycles. The van der Waals surface area contributed by atoms with Crippen LogP contribution >= 0.6 is 8.58 Å². The zero-order chi connectivity index (χ0) is 21.3. The van der Waals surface area contributed by atoms with E-state index in [9.17, 15) is 48.3 Å². The van der Waals surface area contributed by atoms with Crippen molar-refractivity contribution >= 4 is 13.9 Å². The fourth-order valence-electron chi connectivity index (χ4n) is 2.33. The smallest absolute Gasteiger partial charge is 0.211 e. The maximum atomic E-state index is 14.2. The second kappa shape index (κ2) is 8.63. The van der Waals surface area contributed by atoms with Crippen molar-refractivity contribution < 1.29 is 48.3 Å². The Morgan fingerprint density at radius 2 is 0.929 bits per heavy atom. The van der Waals surface area contributed by atoms with Crippen molar-refractivity contribution in [2.75, 3.05) is 6.16 Å². The van der Waals surface area contributed by atoms with Gasteiger partial charge in [0.2, 0.25) is 12.2 Å². The predicted molar refractivity (Wildman–Crippen MR) is 79.6 cm³/mol. The van der Waals surface area contributed by atoms with E-state index in [0.717, 1.165) is 0 Å². The average molecular weight is 440 g/mol. The molecule has 0 heterocycles. The van der Waals surface area contributed by atoms with Gasteiger partial charge in [-0.1, -0.05) is 8.58 Å². The van der Waals surface area contributed by atoms with E-state index in [4.69, 9.17) is 0 Å². The zero-order valence-electron chi connectivity index (χ0n) is 13.4. The van der Waals surface area contributed by atoms with Crippen LogP contribution in [0.5, 0.6) is 0 Å². The van der Waals surface area contributed by atoms with Crippen molar-refractivity contribution in [2.45, 2.75) is 19.3 Å². The second-order valence-electron chi connectivity index (χ2n) is 5.41. The van der Waals surface area contributed by atoms with Crippen LogP contribution in [0.1, 0.15) is 12.8 Å². The topological polar surface area (TPSA) is 0 Å². The fourth-order valence-corrected chi connectivity index (χ4v) is 3.63. The Hall–Kier alpha value is -1.90. The van der Waals surface area contributed by atoms with Crippen LogP contribution in [0.25, 0.3) is 11.1 Å². The van der Waals surface area contributed by atoms with Crippen LogP contribution in [0.4, 0.5) is 48.3 Å². The van der Waals surface area contributed by atoms with Crippen LogP contribution < -0.4 is 5.30 Å². The van der Waals surface area contributed by atoms with Gasteiger partial charge in [-0.2, -0.15) is 0 Å². The molecule has 0 nitrogen and oxygen atoms in total. The first-order valence-corrected chi connectivity index (χ1v) is 8.61. The SMILES string of the molecule is Fc1c(F)c(F)c(-c2c(F)c(F)c(F)c(F)c2PCCCC(F)F)c(F)c1F. The summed E-state index contributed by atoms with van der Waals surface area (Å²) in [6.07, 6.45) is -4.13. The Morgan fingerprint density at radius 1 is 0.536 bits per heavy atom. The van der Waals surface area contributed by atoms with Crippen molar-refractivity contribution in [1.82, 2.24) is 0 Å². The molecule has 0 radical (unpaired) electrons. The quantitative estimate of drug-likeness (QED) is 0.171. The molecule has 0 aliphatic carbocycles. The molecule has 1 atom stereocenters. The molecule has 0 aliphatic rings. The minimum absolute atomic E-state index is 0.313. The van der Waals surface area contributed by atoms with Gasteiger partial charge in [-0.3, -0.25) is 0 Å². The highest BCUT2D eigenvalue weighted by atomic mass is 31.1. The van der Waals surface area contributed by atoms with Crippen molar-refractivity contribution in [2.24, 2.45) is 0 Å². The van der Waals surface area contributed by atoms with E-state index in [1.165, 1.54) is 0 Å². The molecule has 0 aromatic heterocycles. The normalized spacial score (nSPS) is 12.0. The van der Waals surface area contributed by atoms with Gasteiger partial charge >= 0.3 is 0 Å². The van der Waals surface area contributed by atoms with Crippen LogP contribution in [0, 0.1) is 52.4 Å². The number of benzene rings is 2. The van der Waals surface area contributed by atoms with Crippen LogP contribution in [0.15, 0.2) is 0 Å². The van der Waals surface area contributed by atoms with E-state index in [2.05, 4.69) is 0 Å². The first-order valence-electron chi connectivity index (χ1n) is 7.40. The van der Waals surface area contributed by atoms with Crippen molar-refractivity contribution in [1.29, 1.82) is 0 Å². The van der Waals surface area contributed by atoms with Gasteiger partial charge in [0.25, 0.3) is 0 Å². The number of rotatable bonds is 6. The minimum Gasteiger partial charge on any atom is -0.211 e. The Balaban J connectivity index is 2.74. The number of halogens is 11. The van der Waals surface area contributed by atoms with Gasteiger partial charge in [0.05, 0.1) is 5.56 Å². The average Bonchev–Trinajstić information content (AvgIpc) is 2.65. The highest BCUT2D eigenvalue weighted by molar-refractivity contribution is 7.47. The van der Waals surface area contributed by atoms with E-state index in [1.54, 1.807) is 0 Å². The molecular formula is C16H8F11P. The Morgan fingerprint density at radius 3 is 1.39 bits per heavy atom. The molecule has 0 spiro atoms. The molecule has 0 fully saturated rings. The van der Waals surface area contributed by atoms with Crippen molar-refractivity contribution in [3.8, 4) is 11.1 Å². The fraction of sp³-hybridized carbons (Fsp3) is 0.250. The standard InChI is InChI=1S/C16H8F11P/c17-4(18)2-1-3-28-16-6(9(21)12(24)14(26)15(16)27)5-7(19)10(22)13(25)11(23)8(5)20/h4,28H,1-3H2. The molecule has 2 rings (SSSR count). The van der Waals surface area contributed by atoms with Crippen LogP contribution in [-0.2, 0) is 0 Å². The van der Waals surface area contributed by atoms with Crippen LogP contribution in [-0.4, -0.2) is 12.6 Å². The van der Waals surface area contributed by atoms with Gasteiger partial charge in [-0.05, 0) is 12.6 Å². The second-order valence-corrected chi connectivity index (χ2v) is 6.76. The molecule has 2 aromatic rings. The Bertz CT molecular complexity index is 882. The van der Waals surface area contributed by atoms with Gasteiger partial charge in [0, 0.05) is 17.3 Å². The van der Waals surface area contributed by atoms with E-state index in [0.29, 0.717) is 0 Å². The Labute approximate surface area is 152 Å². The monoisotopic (exact) mass is 440 g/mol. The third-order valence-corrected chi connectivity index (χ3v) is 5.05. The van der Waals surface area contributed by atoms with Crippen molar-refractivity contribution in [3.05, 3.63) is 52.4 Å². The third kappa shape index (κ3) is 3.94. The minimum atomic E-state index is -2.76. The summed E-state index contributed by atoms with van der Waals surface area (Å²) >= 11 is 0. The first-order chi connectivity index (χ1) is 13.0. The van der Waals surface area contributed by atoms with Crippen LogP contribution in [0.3, 0.4) is 0 Å². The molecule has 2 aromatic carbocycles. The van der Waals surface area contributed by atoms with Gasteiger partial charge in [0.15, 0.2) is 46.5 Å². The molecule has 0 aliphatic heterocycles. The summed E-state index contributed by atoms with van der Waals surface area (Å²) in [5, 5.41) is -1.21. The number of hydrogen-bond acceptors (Lipinski definition) is 0. The summed E-state index contributed by atoms with van der Waals surface area (Å²) in [4.78, 5) is 0. The molecule has 0 amide bonds. The van der Waals surface area contributed by atoms with Crippen LogP contribution in [0.2, 0.25) is 0 Å². The van der Waals surface area contributed by atoms with E-state index in [1.807, 2.05) is 0 Å². The molecule has 154 valence electrons. The number of hydrogen-bond donors (Lipinski definition) is 0. The molecular weight excluding hydrogens is 432 g/mol. The molecule has 1 unspecified atom stereocenters. The first kappa shape index (κ1) is 22.4. The number of alkyl halides is 2. The maximum Gasteiger partial charge on any atom is 0.238 e. The molecule has 0 N–H and O–H groups in total. The molecule has 0 saturated carbocycles. The highest BCUT2D eigenvalue weighted by Gasteiger charge is 2.33. The van der Waals surface area contributed by atoms with E-state index >= 15 is 0 Å². The molecule has 0 bridgehead atoms. The molecule has 12 heteroatoms. The molecule has 28 heavy (non-hydrogen) atoms. The van der Waals surface area contributed by atoms with Gasteiger partial charge < -0.3 is 0 Å². The lowest BCUT2D eigenvalue weighted by Crippen LogP contribution is -2.18. The van der Waals surface area contributed by atoms with Gasteiger partial charge in [0.1, 0.15) is 0 Å². The lowest BCUT2D eigenvalue weighted by Gasteiger charge is -2.16. The summed E-state index contributed by atoms with van der Waals surface area (Å²) in [5.74, 6) is -22.2. The summed E-state index contributed by atoms with van der Waals surface area (Å²) < 4.78 is 148. The van der Waals surface area contributed by atoms with E-state index in [-0.39, 0.29) is 12.6 Å². The predicted octanol–water partition coefficient (Wildman–Crippen LogP) is 5.95. The third-order valence-electron chi connectivity index (χ3n) is 3.63. The summed E-state index contributed by atoms with van der Waals surface area (Å²) in [5.41, 5.74) is -3.68. The highest BCUT2D eigenvalue weighted by Crippen LogP contribution is 2.37. The maximum absolute atomic E-state index is 14.2. The largest absolute Gasteiger partial charge is 0.238 e. The zero-order valence-corrected chi connectivity index (χ0v) is 14.4. The van der Waals surface area contributed by atoms with Crippen molar-refractivity contribution in [3.63, 3.8) is 0 Å². The summed E-state index contributed by atoms with van der Waals surface area (Å²) in [6, 6.07) is 0. The van der Waals surface area contributed by atoms with Gasteiger partial charge in [-0.15, -0.1) is 0 Å². The van der Waals surface area contributed by atoms with E-state index < -0.39 is 90.2 Å². The summed E-state index contributed by atoms with van der Waals surface area (Å²) in [7, 11) is -1.13.